The van der Waals surface area contributed by atoms with Crippen LogP contribution in [0.4, 0.5) is 4.79 Å². The summed E-state index contributed by atoms with van der Waals surface area (Å²) < 4.78 is 11.1. The van der Waals surface area contributed by atoms with Gasteiger partial charge in [-0.15, -0.1) is 0 Å². The first-order valence-corrected chi connectivity index (χ1v) is 11.0. The molecule has 3 rings (SSSR count). The van der Waals surface area contributed by atoms with E-state index in [0.717, 1.165) is 37.4 Å². The SMILES string of the molecule is COc1cc(/C=C2/SC(=O)N(CC3CCCCC3)C2=O)c(Br)cc1OCC(=O)O. The van der Waals surface area contributed by atoms with Crippen molar-refractivity contribution in [3.05, 3.63) is 27.1 Å². The zero-order valence-corrected chi connectivity index (χ0v) is 18.4. The van der Waals surface area contributed by atoms with Gasteiger partial charge in [0.1, 0.15) is 0 Å². The first-order valence-electron chi connectivity index (χ1n) is 9.36. The Morgan fingerprint density at radius 1 is 1.28 bits per heavy atom. The van der Waals surface area contributed by atoms with Crippen LogP contribution in [0, 0.1) is 5.92 Å². The number of hydrogen-bond donors (Lipinski definition) is 1. The average molecular weight is 484 g/mol. The van der Waals surface area contributed by atoms with Crippen LogP contribution in [0.5, 0.6) is 11.5 Å². The van der Waals surface area contributed by atoms with Crippen LogP contribution < -0.4 is 9.47 Å². The van der Waals surface area contributed by atoms with Gasteiger partial charge >= 0.3 is 5.97 Å². The molecule has 7 nitrogen and oxygen atoms in total. The van der Waals surface area contributed by atoms with Crippen molar-refractivity contribution >= 4 is 50.9 Å². The van der Waals surface area contributed by atoms with Gasteiger partial charge < -0.3 is 14.6 Å². The third-order valence-corrected chi connectivity index (χ3v) is 6.55. The lowest BCUT2D eigenvalue weighted by atomic mass is 9.89. The second-order valence-electron chi connectivity index (χ2n) is 7.00. The second-order valence-corrected chi connectivity index (χ2v) is 8.85. The number of carboxylic acids is 1. The number of thioether (sulfide) groups is 1. The molecule has 0 unspecified atom stereocenters. The molecule has 0 bridgehead atoms. The third-order valence-electron chi connectivity index (χ3n) is 4.96. The zero-order chi connectivity index (χ0) is 21.0. The van der Waals surface area contributed by atoms with Gasteiger partial charge in [-0.1, -0.05) is 35.2 Å². The Balaban J connectivity index is 1.79. The van der Waals surface area contributed by atoms with Gasteiger partial charge in [0.25, 0.3) is 11.1 Å². The molecule has 156 valence electrons. The van der Waals surface area contributed by atoms with Gasteiger partial charge in [0.15, 0.2) is 18.1 Å². The standard InChI is InChI=1S/C20H22BrNO6S/c1-27-15-7-13(14(21)9-16(15)28-11-18(23)24)8-17-19(25)22(20(26)29-17)10-12-5-3-2-4-6-12/h7-9,12H,2-6,10-11H2,1H3,(H,23,24)/b17-8+. The van der Waals surface area contributed by atoms with E-state index in [1.54, 1.807) is 18.2 Å². The maximum Gasteiger partial charge on any atom is 0.341 e. The number of rotatable bonds is 7. The van der Waals surface area contributed by atoms with Crippen LogP contribution in [0.2, 0.25) is 0 Å². The fraction of sp³-hybridized carbons (Fsp3) is 0.450. The molecule has 0 atom stereocenters. The molecule has 0 radical (unpaired) electrons. The number of ether oxygens (including phenoxy) is 2. The predicted octanol–water partition coefficient (Wildman–Crippen LogP) is 4.54. The molecule has 1 aromatic rings. The van der Waals surface area contributed by atoms with Gasteiger partial charge in [-0.2, -0.15) is 0 Å². The molecule has 1 saturated heterocycles. The summed E-state index contributed by atoms with van der Waals surface area (Å²) in [5.41, 5.74) is 0.632. The summed E-state index contributed by atoms with van der Waals surface area (Å²) >= 11 is 4.34. The Kier molecular flexibility index (Phi) is 7.23. The highest BCUT2D eigenvalue weighted by Gasteiger charge is 2.36. The van der Waals surface area contributed by atoms with Crippen LogP contribution in [-0.2, 0) is 9.59 Å². The smallest absolute Gasteiger partial charge is 0.341 e. The summed E-state index contributed by atoms with van der Waals surface area (Å²) in [6, 6.07) is 3.22. The molecule has 1 heterocycles. The normalized spacial score (nSPS) is 19.1. The van der Waals surface area contributed by atoms with Crippen molar-refractivity contribution in [3.63, 3.8) is 0 Å². The molecule has 2 fully saturated rings. The van der Waals surface area contributed by atoms with Crippen molar-refractivity contribution < 1.29 is 29.0 Å². The Morgan fingerprint density at radius 2 is 2.00 bits per heavy atom. The van der Waals surface area contributed by atoms with Crippen LogP contribution in [0.15, 0.2) is 21.5 Å². The zero-order valence-electron chi connectivity index (χ0n) is 16.0. The van der Waals surface area contributed by atoms with Crippen molar-refractivity contribution in [1.29, 1.82) is 0 Å². The lowest BCUT2D eigenvalue weighted by molar-refractivity contribution is -0.139. The number of methoxy groups -OCH3 is 1. The van der Waals surface area contributed by atoms with Crippen LogP contribution in [-0.4, -0.2) is 47.4 Å². The molecule has 1 aliphatic carbocycles. The Morgan fingerprint density at radius 3 is 2.66 bits per heavy atom. The highest BCUT2D eigenvalue weighted by atomic mass is 79.9. The van der Waals surface area contributed by atoms with Crippen molar-refractivity contribution in [3.8, 4) is 11.5 Å². The molecule has 1 aromatic carbocycles. The van der Waals surface area contributed by atoms with Crippen LogP contribution in [0.3, 0.4) is 0 Å². The first-order chi connectivity index (χ1) is 13.9. The highest BCUT2D eigenvalue weighted by molar-refractivity contribution is 9.10. The van der Waals surface area contributed by atoms with Crippen molar-refractivity contribution in [2.24, 2.45) is 5.92 Å². The number of nitrogens with zero attached hydrogens (tertiary/aromatic N) is 1. The minimum atomic E-state index is -1.10. The van der Waals surface area contributed by atoms with Gasteiger partial charge in [-0.3, -0.25) is 14.5 Å². The largest absolute Gasteiger partial charge is 0.493 e. The van der Waals surface area contributed by atoms with Crippen molar-refractivity contribution in [2.75, 3.05) is 20.3 Å². The van der Waals surface area contributed by atoms with E-state index in [1.807, 2.05) is 0 Å². The quantitative estimate of drug-likeness (QED) is 0.568. The number of carbonyl (C=O) groups excluding carboxylic acids is 2. The van der Waals surface area contributed by atoms with E-state index in [-0.39, 0.29) is 16.9 Å². The molecular formula is C20H22BrNO6S. The summed E-state index contributed by atoms with van der Waals surface area (Å²) in [7, 11) is 1.44. The first kappa shape index (κ1) is 21.7. The number of carboxylic acid groups (broad SMARTS) is 1. The molecule has 0 aromatic heterocycles. The van der Waals surface area contributed by atoms with Crippen LogP contribution in [0.1, 0.15) is 37.7 Å². The minimum absolute atomic E-state index is 0.240. The molecule has 1 aliphatic heterocycles. The van der Waals surface area contributed by atoms with Crippen molar-refractivity contribution in [1.82, 2.24) is 4.90 Å². The second kappa shape index (κ2) is 9.67. The van der Waals surface area contributed by atoms with Gasteiger partial charge in [0, 0.05) is 11.0 Å². The third kappa shape index (κ3) is 5.33. The van der Waals surface area contributed by atoms with E-state index >= 15 is 0 Å². The van der Waals surface area contributed by atoms with Gasteiger partial charge in [-0.05, 0) is 54.3 Å². The fourth-order valence-electron chi connectivity index (χ4n) is 3.50. The molecule has 29 heavy (non-hydrogen) atoms. The molecule has 0 spiro atoms. The Labute approximate surface area is 181 Å². The molecule has 1 N–H and O–H groups in total. The Bertz CT molecular complexity index is 850. The monoisotopic (exact) mass is 483 g/mol. The predicted molar refractivity (Wildman–Crippen MR) is 113 cm³/mol. The van der Waals surface area contributed by atoms with Crippen molar-refractivity contribution in [2.45, 2.75) is 32.1 Å². The minimum Gasteiger partial charge on any atom is -0.493 e. The summed E-state index contributed by atoms with van der Waals surface area (Å²) in [5.74, 6) is -0.387. The summed E-state index contributed by atoms with van der Waals surface area (Å²) in [5, 5.41) is 8.54. The number of benzene rings is 1. The summed E-state index contributed by atoms with van der Waals surface area (Å²) in [4.78, 5) is 37.6. The lowest BCUT2D eigenvalue weighted by Gasteiger charge is -2.25. The number of halogens is 1. The Hall–Kier alpha value is -2.00. The van der Waals surface area contributed by atoms with E-state index in [9.17, 15) is 14.4 Å². The molecule has 2 amide bonds. The maximum absolute atomic E-state index is 12.8. The van der Waals surface area contributed by atoms with Crippen LogP contribution >= 0.6 is 27.7 Å². The molecular weight excluding hydrogens is 462 g/mol. The number of amides is 2. The van der Waals surface area contributed by atoms with E-state index in [0.29, 0.717) is 33.2 Å². The molecule has 1 saturated carbocycles. The van der Waals surface area contributed by atoms with E-state index in [2.05, 4.69) is 15.9 Å². The van der Waals surface area contributed by atoms with Gasteiger partial charge in [-0.25, -0.2) is 4.79 Å². The van der Waals surface area contributed by atoms with Gasteiger partial charge in [0.2, 0.25) is 0 Å². The van der Waals surface area contributed by atoms with Gasteiger partial charge in [0.05, 0.1) is 12.0 Å². The summed E-state index contributed by atoms with van der Waals surface area (Å²) in [6.07, 6.45) is 7.28. The van der Waals surface area contributed by atoms with E-state index < -0.39 is 12.6 Å². The fourth-order valence-corrected chi connectivity index (χ4v) is 4.78. The topological polar surface area (TPSA) is 93.1 Å². The average Bonchev–Trinajstić information content (AvgIpc) is 2.96. The number of aliphatic carboxylic acids is 1. The summed E-state index contributed by atoms with van der Waals surface area (Å²) in [6.45, 7) is -0.0172. The molecule has 9 heteroatoms. The molecule has 2 aliphatic rings. The van der Waals surface area contributed by atoms with E-state index in [1.165, 1.54) is 18.4 Å². The maximum atomic E-state index is 12.8. The number of hydrogen-bond acceptors (Lipinski definition) is 6. The van der Waals surface area contributed by atoms with Crippen LogP contribution in [0.25, 0.3) is 6.08 Å². The van der Waals surface area contributed by atoms with E-state index in [4.69, 9.17) is 14.6 Å². The number of carbonyl (C=O) groups is 3. The number of imide groups is 1. The highest BCUT2D eigenvalue weighted by Crippen LogP contribution is 2.38. The lowest BCUT2D eigenvalue weighted by Crippen LogP contribution is -2.34.